The van der Waals surface area contributed by atoms with Crippen LogP contribution < -0.4 is 0 Å². The number of hydrogen-bond donors (Lipinski definition) is 1. The van der Waals surface area contributed by atoms with Crippen LogP contribution in [-0.4, -0.2) is 16.6 Å². The summed E-state index contributed by atoms with van der Waals surface area (Å²) in [6, 6.07) is 11.7. The molecule has 2 saturated heterocycles. The SMILES string of the molecule is N#CC1(C#N)C(c2ccccc2[N+](=O)[O-])OC23CCCCCCC2C1(C#N)C(=N)O3. The van der Waals surface area contributed by atoms with E-state index in [1.54, 1.807) is 6.07 Å². The minimum absolute atomic E-state index is 0.0309. The van der Waals surface area contributed by atoms with Gasteiger partial charge in [0.25, 0.3) is 5.69 Å². The normalized spacial score (nSPS) is 34.1. The molecule has 1 aliphatic carbocycles. The molecule has 3 aliphatic rings. The van der Waals surface area contributed by atoms with Crippen molar-refractivity contribution < 1.29 is 14.4 Å². The number of nitrogens with one attached hydrogen (secondary N) is 1. The predicted octanol–water partition coefficient (Wildman–Crippen LogP) is 3.88. The largest absolute Gasteiger partial charge is 0.447 e. The zero-order valence-electron chi connectivity index (χ0n) is 16.1. The zero-order chi connectivity index (χ0) is 21.6. The molecule has 9 nitrogen and oxygen atoms in total. The second-order valence-electron chi connectivity index (χ2n) is 8.01. The molecule has 0 radical (unpaired) electrons. The highest BCUT2D eigenvalue weighted by atomic mass is 16.7. The highest BCUT2D eigenvalue weighted by Crippen LogP contribution is 2.69. The van der Waals surface area contributed by atoms with E-state index in [0.29, 0.717) is 12.8 Å². The van der Waals surface area contributed by atoms with Crippen molar-refractivity contribution in [3.63, 3.8) is 0 Å². The molecule has 152 valence electrons. The molecule has 0 spiro atoms. The van der Waals surface area contributed by atoms with Gasteiger partial charge in [-0.15, -0.1) is 0 Å². The number of nitrogens with zero attached hydrogens (tertiary/aromatic N) is 4. The standard InChI is InChI=1S/C21H19N5O4/c22-11-19(12-23)17(14-7-4-5-8-15(14)26(27)28)29-21-10-6-2-1-3-9-16(21)20(19,13-24)18(25)30-21/h4-5,7-8,16-17,25H,1-3,6,9-10H2. The summed E-state index contributed by atoms with van der Waals surface area (Å²) in [5.41, 5.74) is -4.32. The van der Waals surface area contributed by atoms with Crippen LogP contribution in [0.25, 0.3) is 0 Å². The number of benzene rings is 1. The number of rotatable bonds is 2. The van der Waals surface area contributed by atoms with Crippen LogP contribution in [0.1, 0.15) is 50.2 Å². The Labute approximate surface area is 173 Å². The van der Waals surface area contributed by atoms with Gasteiger partial charge < -0.3 is 9.47 Å². The molecular formula is C21H19N5O4. The van der Waals surface area contributed by atoms with Crippen molar-refractivity contribution in [2.45, 2.75) is 50.4 Å². The number of nitro benzene ring substituents is 1. The molecule has 2 heterocycles. The van der Waals surface area contributed by atoms with Gasteiger partial charge >= 0.3 is 0 Å². The van der Waals surface area contributed by atoms with E-state index in [4.69, 9.17) is 14.9 Å². The van der Waals surface area contributed by atoms with E-state index in [2.05, 4.69) is 6.07 Å². The van der Waals surface area contributed by atoms with E-state index in [9.17, 15) is 25.9 Å². The van der Waals surface area contributed by atoms with Gasteiger partial charge in [0.1, 0.15) is 6.10 Å². The fourth-order valence-corrected chi connectivity index (χ4v) is 5.37. The average molecular weight is 405 g/mol. The Kier molecular flexibility index (Phi) is 4.49. The quantitative estimate of drug-likeness (QED) is 0.577. The van der Waals surface area contributed by atoms with Crippen molar-refractivity contribution >= 4 is 11.6 Å². The molecule has 30 heavy (non-hydrogen) atoms. The highest BCUT2D eigenvalue weighted by Gasteiger charge is 2.80. The lowest BCUT2D eigenvalue weighted by Gasteiger charge is -2.50. The number of hydrogen-bond acceptors (Lipinski definition) is 8. The van der Waals surface area contributed by atoms with E-state index >= 15 is 0 Å². The smallest absolute Gasteiger partial charge is 0.275 e. The summed E-state index contributed by atoms with van der Waals surface area (Å²) in [6.07, 6.45) is 2.76. The number of nitriles is 3. The molecule has 0 amide bonds. The van der Waals surface area contributed by atoms with Crippen LogP contribution in [0.5, 0.6) is 0 Å². The van der Waals surface area contributed by atoms with Gasteiger partial charge in [-0.3, -0.25) is 15.5 Å². The first kappa shape index (κ1) is 19.8. The third kappa shape index (κ3) is 2.26. The van der Waals surface area contributed by atoms with Gasteiger partial charge in [-0.05, 0) is 18.9 Å². The van der Waals surface area contributed by atoms with Crippen molar-refractivity contribution in [1.29, 1.82) is 21.2 Å². The maximum atomic E-state index is 11.7. The minimum Gasteiger partial charge on any atom is -0.447 e. The maximum absolute atomic E-state index is 11.7. The van der Waals surface area contributed by atoms with Crippen LogP contribution >= 0.6 is 0 Å². The van der Waals surface area contributed by atoms with Gasteiger partial charge in [0.05, 0.1) is 34.6 Å². The number of nitro groups is 1. The Morgan fingerprint density at radius 1 is 1.10 bits per heavy atom. The van der Waals surface area contributed by atoms with E-state index in [0.717, 1.165) is 25.7 Å². The van der Waals surface area contributed by atoms with Crippen LogP contribution in [0, 0.1) is 66.3 Å². The van der Waals surface area contributed by atoms with Crippen LogP contribution in [-0.2, 0) is 9.47 Å². The lowest BCUT2D eigenvalue weighted by molar-refractivity contribution is -0.387. The highest BCUT2D eigenvalue weighted by molar-refractivity contribution is 5.89. The molecule has 2 aliphatic heterocycles. The molecule has 1 saturated carbocycles. The summed E-state index contributed by atoms with van der Waals surface area (Å²) < 4.78 is 12.2. The van der Waals surface area contributed by atoms with Gasteiger partial charge in [-0.2, -0.15) is 15.8 Å². The molecule has 1 N–H and O–H groups in total. The number of para-hydroxylation sites is 1. The Bertz CT molecular complexity index is 1040. The Balaban J connectivity index is 2.02. The van der Waals surface area contributed by atoms with Crippen molar-refractivity contribution in [3.8, 4) is 18.2 Å². The number of ether oxygens (including phenoxy) is 2. The van der Waals surface area contributed by atoms with Gasteiger partial charge in [0.15, 0.2) is 5.41 Å². The van der Waals surface area contributed by atoms with Crippen molar-refractivity contribution in [3.05, 3.63) is 39.9 Å². The predicted molar refractivity (Wildman–Crippen MR) is 101 cm³/mol. The fraction of sp³-hybridized carbons (Fsp3) is 0.524. The van der Waals surface area contributed by atoms with Crippen LogP contribution in [0.15, 0.2) is 24.3 Å². The van der Waals surface area contributed by atoms with Crippen LogP contribution in [0.4, 0.5) is 5.69 Å². The molecule has 4 rings (SSSR count). The summed E-state index contributed by atoms with van der Waals surface area (Å²) >= 11 is 0. The second kappa shape index (κ2) is 6.79. The second-order valence-corrected chi connectivity index (χ2v) is 8.01. The van der Waals surface area contributed by atoms with Crippen LogP contribution in [0.3, 0.4) is 0 Å². The molecule has 2 bridgehead atoms. The van der Waals surface area contributed by atoms with E-state index in [-0.39, 0.29) is 11.3 Å². The lowest BCUT2D eigenvalue weighted by atomic mass is 9.52. The third-order valence-electron chi connectivity index (χ3n) is 6.73. The summed E-state index contributed by atoms with van der Waals surface area (Å²) in [7, 11) is 0. The first-order valence-corrected chi connectivity index (χ1v) is 9.85. The Morgan fingerprint density at radius 3 is 2.47 bits per heavy atom. The van der Waals surface area contributed by atoms with Gasteiger partial charge in [0.2, 0.25) is 17.1 Å². The van der Waals surface area contributed by atoms with Crippen molar-refractivity contribution in [2.24, 2.45) is 16.7 Å². The molecular weight excluding hydrogens is 386 g/mol. The van der Waals surface area contributed by atoms with E-state index < -0.39 is 39.5 Å². The maximum Gasteiger partial charge on any atom is 0.275 e. The van der Waals surface area contributed by atoms with E-state index in [1.165, 1.54) is 18.2 Å². The molecule has 3 fully saturated rings. The molecule has 4 unspecified atom stereocenters. The van der Waals surface area contributed by atoms with E-state index in [1.807, 2.05) is 12.1 Å². The van der Waals surface area contributed by atoms with Gasteiger partial charge in [-0.1, -0.05) is 31.4 Å². The first-order chi connectivity index (χ1) is 14.4. The Hall–Kier alpha value is -3.48. The molecule has 4 atom stereocenters. The van der Waals surface area contributed by atoms with Crippen molar-refractivity contribution in [2.75, 3.05) is 0 Å². The summed E-state index contributed by atoms with van der Waals surface area (Å²) in [4.78, 5) is 11.1. The van der Waals surface area contributed by atoms with Gasteiger partial charge in [0, 0.05) is 12.5 Å². The summed E-state index contributed by atoms with van der Waals surface area (Å²) in [5, 5.41) is 51.0. The lowest BCUT2D eigenvalue weighted by Crippen LogP contribution is -2.59. The Morgan fingerprint density at radius 2 is 1.80 bits per heavy atom. The average Bonchev–Trinajstić information content (AvgIpc) is 2.90. The molecule has 1 aromatic carbocycles. The monoisotopic (exact) mass is 405 g/mol. The summed E-state index contributed by atoms with van der Waals surface area (Å²) in [5.74, 6) is -2.50. The molecule has 0 aromatic heterocycles. The minimum atomic E-state index is -2.17. The first-order valence-electron chi connectivity index (χ1n) is 9.85. The summed E-state index contributed by atoms with van der Waals surface area (Å²) in [6.45, 7) is 0. The topological polar surface area (TPSA) is 157 Å². The fourth-order valence-electron chi connectivity index (χ4n) is 5.37. The van der Waals surface area contributed by atoms with Crippen LogP contribution in [0.2, 0.25) is 0 Å². The molecule has 1 aromatic rings. The zero-order valence-corrected chi connectivity index (χ0v) is 16.1. The van der Waals surface area contributed by atoms with Gasteiger partial charge in [-0.25, -0.2) is 0 Å². The third-order valence-corrected chi connectivity index (χ3v) is 6.73. The van der Waals surface area contributed by atoms with Crippen molar-refractivity contribution in [1.82, 2.24) is 0 Å². The molecule has 9 heteroatoms.